The summed E-state index contributed by atoms with van der Waals surface area (Å²) in [6, 6.07) is 12.5. The van der Waals surface area contributed by atoms with Crippen molar-refractivity contribution in [2.45, 2.75) is 25.8 Å². The highest BCUT2D eigenvalue weighted by atomic mass is 16.6. The molecule has 0 bridgehead atoms. The molecule has 1 unspecified atom stereocenters. The van der Waals surface area contributed by atoms with E-state index in [1.807, 2.05) is 24.3 Å². The van der Waals surface area contributed by atoms with E-state index in [-0.39, 0.29) is 17.6 Å². The quantitative estimate of drug-likeness (QED) is 0.584. The highest BCUT2D eigenvalue weighted by Crippen LogP contribution is 2.27. The number of nitrogens with zero attached hydrogens (tertiary/aromatic N) is 2. The van der Waals surface area contributed by atoms with Crippen LogP contribution in [0.2, 0.25) is 0 Å². The second-order valence-electron chi connectivity index (χ2n) is 6.95. The predicted octanol–water partition coefficient (Wildman–Crippen LogP) is 3.48. The zero-order chi connectivity index (χ0) is 20.1. The van der Waals surface area contributed by atoms with E-state index in [1.165, 1.54) is 6.07 Å². The van der Waals surface area contributed by atoms with Gasteiger partial charge in [-0.2, -0.15) is 0 Å². The molecular formula is C21H25N3O4. The number of benzene rings is 2. The fraction of sp³-hybridized carbons (Fsp3) is 0.381. The van der Waals surface area contributed by atoms with Crippen LogP contribution in [-0.2, 0) is 0 Å². The molecule has 1 saturated heterocycles. The summed E-state index contributed by atoms with van der Waals surface area (Å²) in [5, 5.41) is 14.1. The number of ether oxygens (including phenoxy) is 1. The number of nitro groups is 1. The van der Waals surface area contributed by atoms with Gasteiger partial charge in [-0.3, -0.25) is 19.8 Å². The summed E-state index contributed by atoms with van der Waals surface area (Å²) in [7, 11) is 1.63. The van der Waals surface area contributed by atoms with Crippen LogP contribution in [0.1, 0.15) is 40.4 Å². The first-order valence-corrected chi connectivity index (χ1v) is 9.41. The van der Waals surface area contributed by atoms with Crippen molar-refractivity contribution in [1.29, 1.82) is 0 Å². The molecule has 1 aliphatic rings. The van der Waals surface area contributed by atoms with E-state index in [9.17, 15) is 14.9 Å². The smallest absolute Gasteiger partial charge is 0.273 e. The Balaban J connectivity index is 1.77. The molecule has 3 rings (SSSR count). The minimum atomic E-state index is -0.462. The molecule has 2 aromatic rings. The van der Waals surface area contributed by atoms with Gasteiger partial charge in [-0.25, -0.2) is 0 Å². The van der Waals surface area contributed by atoms with Gasteiger partial charge >= 0.3 is 0 Å². The molecule has 0 saturated carbocycles. The molecule has 7 nitrogen and oxygen atoms in total. The van der Waals surface area contributed by atoms with Crippen LogP contribution in [0.25, 0.3) is 0 Å². The number of likely N-dealkylation sites (tertiary alicyclic amines) is 1. The molecule has 7 heteroatoms. The molecular weight excluding hydrogens is 358 g/mol. The van der Waals surface area contributed by atoms with E-state index in [1.54, 1.807) is 26.2 Å². The Bertz CT molecular complexity index is 845. The summed E-state index contributed by atoms with van der Waals surface area (Å²) in [6.45, 7) is 4.02. The van der Waals surface area contributed by atoms with Gasteiger partial charge in [-0.15, -0.1) is 0 Å². The van der Waals surface area contributed by atoms with Gasteiger partial charge in [-0.1, -0.05) is 18.2 Å². The van der Waals surface area contributed by atoms with E-state index < -0.39 is 4.92 Å². The lowest BCUT2D eigenvalue weighted by Crippen LogP contribution is -2.37. The van der Waals surface area contributed by atoms with Crippen LogP contribution < -0.4 is 10.1 Å². The SMILES string of the molecule is COc1ccc(C(CNC(=O)c2cccc([N+](=O)[O-])c2C)N2CCCC2)cc1. The monoisotopic (exact) mass is 383 g/mol. The number of methoxy groups -OCH3 is 1. The second kappa shape index (κ2) is 8.84. The average Bonchev–Trinajstić information content (AvgIpc) is 3.23. The highest BCUT2D eigenvalue weighted by molar-refractivity contribution is 5.96. The summed E-state index contributed by atoms with van der Waals surface area (Å²) >= 11 is 0. The van der Waals surface area contributed by atoms with Crippen LogP contribution in [0.3, 0.4) is 0 Å². The summed E-state index contributed by atoms with van der Waals surface area (Å²) in [5.41, 5.74) is 1.79. The molecule has 0 radical (unpaired) electrons. The zero-order valence-electron chi connectivity index (χ0n) is 16.2. The normalized spacial score (nSPS) is 15.2. The van der Waals surface area contributed by atoms with Gasteiger partial charge in [0.1, 0.15) is 5.75 Å². The first-order chi connectivity index (χ1) is 13.5. The van der Waals surface area contributed by atoms with Crippen molar-refractivity contribution < 1.29 is 14.5 Å². The molecule has 1 N–H and O–H groups in total. The highest BCUT2D eigenvalue weighted by Gasteiger charge is 2.25. The third-order valence-electron chi connectivity index (χ3n) is 5.28. The van der Waals surface area contributed by atoms with Crippen LogP contribution >= 0.6 is 0 Å². The molecule has 148 valence electrons. The van der Waals surface area contributed by atoms with Crippen molar-refractivity contribution >= 4 is 11.6 Å². The number of hydrogen-bond acceptors (Lipinski definition) is 5. The summed E-state index contributed by atoms with van der Waals surface area (Å²) in [6.07, 6.45) is 2.29. The van der Waals surface area contributed by atoms with Crippen molar-refractivity contribution in [1.82, 2.24) is 10.2 Å². The lowest BCUT2D eigenvalue weighted by Gasteiger charge is -2.28. The van der Waals surface area contributed by atoms with Gasteiger partial charge in [0.15, 0.2) is 0 Å². The second-order valence-corrected chi connectivity index (χ2v) is 6.95. The van der Waals surface area contributed by atoms with Crippen molar-refractivity contribution in [3.63, 3.8) is 0 Å². The number of carbonyl (C=O) groups excluding carboxylic acids is 1. The first-order valence-electron chi connectivity index (χ1n) is 9.41. The maximum Gasteiger partial charge on any atom is 0.273 e. The van der Waals surface area contributed by atoms with Crippen LogP contribution in [0.15, 0.2) is 42.5 Å². The minimum absolute atomic E-state index is 0.0427. The molecule has 1 heterocycles. The predicted molar refractivity (Wildman–Crippen MR) is 107 cm³/mol. The summed E-state index contributed by atoms with van der Waals surface area (Å²) in [4.78, 5) is 25.8. The van der Waals surface area contributed by atoms with E-state index >= 15 is 0 Å². The Kier molecular flexibility index (Phi) is 6.26. The van der Waals surface area contributed by atoms with E-state index in [2.05, 4.69) is 10.2 Å². The Morgan fingerprint density at radius 2 is 1.89 bits per heavy atom. The maximum atomic E-state index is 12.7. The third-order valence-corrected chi connectivity index (χ3v) is 5.28. The van der Waals surface area contributed by atoms with Crippen molar-refractivity contribution in [2.24, 2.45) is 0 Å². The van der Waals surface area contributed by atoms with Crippen molar-refractivity contribution in [3.05, 3.63) is 69.3 Å². The van der Waals surface area contributed by atoms with E-state index in [4.69, 9.17) is 4.74 Å². The number of nitrogens with one attached hydrogen (secondary N) is 1. The van der Waals surface area contributed by atoms with Gasteiger partial charge in [0.05, 0.1) is 18.1 Å². The zero-order valence-corrected chi connectivity index (χ0v) is 16.2. The van der Waals surface area contributed by atoms with Crippen LogP contribution in [0.4, 0.5) is 5.69 Å². The lowest BCUT2D eigenvalue weighted by atomic mass is 10.0. The molecule has 0 aromatic heterocycles. The van der Waals surface area contributed by atoms with Gasteiger partial charge in [0.2, 0.25) is 0 Å². The van der Waals surface area contributed by atoms with Crippen LogP contribution in [0, 0.1) is 17.0 Å². The standard InChI is InChI=1S/C21H25N3O4/c1-15-18(6-5-7-19(15)24(26)27)21(25)22-14-20(23-12-3-4-13-23)16-8-10-17(28-2)11-9-16/h5-11,20H,3-4,12-14H2,1-2H3,(H,22,25). The fourth-order valence-electron chi connectivity index (χ4n) is 3.69. The molecule has 0 aliphatic carbocycles. The van der Waals surface area contributed by atoms with Gasteiger partial charge < -0.3 is 10.1 Å². The molecule has 2 aromatic carbocycles. The minimum Gasteiger partial charge on any atom is -0.497 e. The lowest BCUT2D eigenvalue weighted by molar-refractivity contribution is -0.385. The molecule has 1 atom stereocenters. The summed E-state index contributed by atoms with van der Waals surface area (Å²) < 4.78 is 5.24. The molecule has 1 aliphatic heterocycles. The Hall–Kier alpha value is -2.93. The first kappa shape index (κ1) is 19.8. The van der Waals surface area contributed by atoms with Crippen molar-refractivity contribution in [2.75, 3.05) is 26.7 Å². The summed E-state index contributed by atoms with van der Waals surface area (Å²) in [5.74, 6) is 0.499. The Labute approximate surface area is 164 Å². The fourth-order valence-corrected chi connectivity index (χ4v) is 3.69. The number of hydrogen-bond donors (Lipinski definition) is 1. The topological polar surface area (TPSA) is 84.7 Å². The van der Waals surface area contributed by atoms with Gasteiger partial charge in [0.25, 0.3) is 11.6 Å². The number of amides is 1. The van der Waals surface area contributed by atoms with Gasteiger partial charge in [-0.05, 0) is 56.6 Å². The number of rotatable bonds is 7. The molecule has 28 heavy (non-hydrogen) atoms. The van der Waals surface area contributed by atoms with Crippen molar-refractivity contribution in [3.8, 4) is 5.75 Å². The van der Waals surface area contributed by atoms with E-state index in [0.717, 1.165) is 37.2 Å². The Morgan fingerprint density at radius 3 is 2.50 bits per heavy atom. The number of carbonyl (C=O) groups is 1. The third kappa shape index (κ3) is 4.31. The maximum absolute atomic E-state index is 12.7. The van der Waals surface area contributed by atoms with Crippen LogP contribution in [-0.4, -0.2) is 42.5 Å². The van der Waals surface area contributed by atoms with Crippen LogP contribution in [0.5, 0.6) is 5.75 Å². The Morgan fingerprint density at radius 1 is 1.21 bits per heavy atom. The molecule has 0 spiro atoms. The largest absolute Gasteiger partial charge is 0.497 e. The van der Waals surface area contributed by atoms with E-state index in [0.29, 0.717) is 17.7 Å². The number of nitro benzene ring substituents is 1. The average molecular weight is 383 g/mol. The van der Waals surface area contributed by atoms with Gasteiger partial charge in [0, 0.05) is 23.7 Å². The molecule has 1 fully saturated rings. The molecule has 1 amide bonds.